The van der Waals surface area contributed by atoms with Gasteiger partial charge in [-0.2, -0.15) is 0 Å². The van der Waals surface area contributed by atoms with Crippen molar-refractivity contribution < 1.29 is 18.0 Å². The minimum atomic E-state index is -3.45. The smallest absolute Gasteiger partial charge is 0.245 e. The number of carbonyl (C=O) groups is 2. The zero-order valence-electron chi connectivity index (χ0n) is 25.5. The number of amides is 2. The molecule has 1 saturated carbocycles. The first kappa shape index (κ1) is 31.4. The molecule has 2 N–H and O–H groups in total. The summed E-state index contributed by atoms with van der Waals surface area (Å²) < 4.78 is 27.1. The molecule has 1 saturated heterocycles. The third kappa shape index (κ3) is 7.45. The third-order valence-corrected chi connectivity index (χ3v) is 10.3. The van der Waals surface area contributed by atoms with Crippen LogP contribution in [0.25, 0.3) is 0 Å². The van der Waals surface area contributed by atoms with Gasteiger partial charge in [0, 0.05) is 50.7 Å². The Morgan fingerprint density at radius 1 is 0.978 bits per heavy atom. The molecule has 2 aliphatic heterocycles. The van der Waals surface area contributed by atoms with E-state index < -0.39 is 22.1 Å². The Morgan fingerprint density at radius 3 is 2.38 bits per heavy atom. The van der Waals surface area contributed by atoms with Gasteiger partial charge in [0.1, 0.15) is 12.1 Å². The first-order valence-electron chi connectivity index (χ1n) is 15.6. The molecule has 238 valence electrons. The van der Waals surface area contributed by atoms with Crippen molar-refractivity contribution in [3.8, 4) is 0 Å². The van der Waals surface area contributed by atoms with Crippen molar-refractivity contribution in [3.05, 3.63) is 94.5 Å². The summed E-state index contributed by atoms with van der Waals surface area (Å²) in [6.45, 7) is 3.16. The van der Waals surface area contributed by atoms with Crippen LogP contribution in [-0.2, 0) is 32.5 Å². The number of hydrogen-bond donors (Lipinski definition) is 2. The van der Waals surface area contributed by atoms with E-state index in [-0.39, 0.29) is 11.8 Å². The number of anilines is 2. The molecule has 9 nitrogen and oxygen atoms in total. The number of piperazine rings is 1. The average molecular weight is 650 g/mol. The van der Waals surface area contributed by atoms with Gasteiger partial charge in [-0.25, -0.2) is 8.42 Å². The molecule has 3 aliphatic rings. The molecule has 3 aromatic rings. The first-order valence-corrected chi connectivity index (χ1v) is 17.9. The minimum absolute atomic E-state index is 0.137. The Morgan fingerprint density at radius 2 is 1.67 bits per heavy atom. The molecular weight excluding hydrogens is 610 g/mol. The molecule has 2 fully saturated rings. The number of sulfonamides is 1. The second kappa shape index (κ2) is 13.4. The van der Waals surface area contributed by atoms with Gasteiger partial charge in [0.05, 0.1) is 17.6 Å². The van der Waals surface area contributed by atoms with Crippen LogP contribution in [-0.4, -0.2) is 76.7 Å². The number of para-hydroxylation sites is 2. The summed E-state index contributed by atoms with van der Waals surface area (Å²) in [5, 5.41) is 7.02. The van der Waals surface area contributed by atoms with Crippen molar-refractivity contribution in [3.63, 3.8) is 0 Å². The standard InChI is InChI=1S/C34H40ClN5O4S/c1-45(43,44)40(23-25-10-11-25)31-9-5-4-8-30(31)38-18-20-39(21-19-38)34(42)29(22-24-12-14-27(35)15-13-24)37-33(41)32-28-7-3-2-6-26(28)16-17-36-32/h2-9,12-15,25,29,32,36H,10-11,16-23H2,1H3,(H,37,41)/t29-,32?/m1/s1. The number of carbonyl (C=O) groups excluding carboxylic acids is 2. The van der Waals surface area contributed by atoms with Crippen molar-refractivity contribution in [2.45, 2.75) is 37.8 Å². The lowest BCUT2D eigenvalue weighted by molar-refractivity contribution is -0.137. The van der Waals surface area contributed by atoms with E-state index in [2.05, 4.69) is 15.5 Å². The van der Waals surface area contributed by atoms with E-state index in [1.165, 1.54) is 10.6 Å². The summed E-state index contributed by atoms with van der Waals surface area (Å²) in [5.74, 6) is 0.0349. The fourth-order valence-corrected chi connectivity index (χ4v) is 7.45. The minimum Gasteiger partial charge on any atom is -0.366 e. The molecule has 1 aliphatic carbocycles. The number of benzene rings is 3. The average Bonchev–Trinajstić information content (AvgIpc) is 3.88. The molecule has 0 radical (unpaired) electrons. The summed E-state index contributed by atoms with van der Waals surface area (Å²) in [5.41, 5.74) is 4.51. The van der Waals surface area contributed by atoms with Crippen molar-refractivity contribution in [1.29, 1.82) is 0 Å². The number of hydrogen-bond acceptors (Lipinski definition) is 6. The Labute approximate surface area is 270 Å². The number of halogens is 1. The van der Waals surface area contributed by atoms with Gasteiger partial charge in [0.25, 0.3) is 0 Å². The molecule has 1 unspecified atom stereocenters. The van der Waals surface area contributed by atoms with E-state index in [4.69, 9.17) is 11.6 Å². The van der Waals surface area contributed by atoms with Gasteiger partial charge in [-0.3, -0.25) is 13.9 Å². The summed E-state index contributed by atoms with van der Waals surface area (Å²) in [4.78, 5) is 31.7. The van der Waals surface area contributed by atoms with Crippen LogP contribution in [0.1, 0.15) is 35.6 Å². The Hall–Kier alpha value is -3.60. The Balaban J connectivity index is 1.18. The molecular formula is C34H40ClN5O4S. The molecule has 2 atom stereocenters. The molecule has 0 spiro atoms. The van der Waals surface area contributed by atoms with Gasteiger partial charge in [-0.1, -0.05) is 60.1 Å². The maximum Gasteiger partial charge on any atom is 0.245 e. The van der Waals surface area contributed by atoms with Crippen LogP contribution in [0.2, 0.25) is 5.02 Å². The predicted molar refractivity (Wildman–Crippen MR) is 178 cm³/mol. The third-order valence-electron chi connectivity index (χ3n) is 8.94. The molecule has 45 heavy (non-hydrogen) atoms. The highest BCUT2D eigenvalue weighted by molar-refractivity contribution is 7.92. The van der Waals surface area contributed by atoms with Crippen molar-refractivity contribution in [1.82, 2.24) is 15.5 Å². The molecule has 2 amide bonds. The highest BCUT2D eigenvalue weighted by Crippen LogP contribution is 2.37. The maximum absolute atomic E-state index is 14.1. The summed E-state index contributed by atoms with van der Waals surface area (Å²) >= 11 is 6.12. The summed E-state index contributed by atoms with van der Waals surface area (Å²) in [6.07, 6.45) is 4.55. The zero-order chi connectivity index (χ0) is 31.6. The van der Waals surface area contributed by atoms with Crippen molar-refractivity contribution in [2.75, 3.05) is 54.7 Å². The monoisotopic (exact) mass is 649 g/mol. The number of rotatable bonds is 10. The van der Waals surface area contributed by atoms with Crippen LogP contribution in [0.5, 0.6) is 0 Å². The van der Waals surface area contributed by atoms with Gasteiger partial charge < -0.3 is 20.4 Å². The second-order valence-corrected chi connectivity index (χ2v) is 14.6. The molecule has 2 heterocycles. The van der Waals surface area contributed by atoms with Crippen molar-refractivity contribution in [2.24, 2.45) is 5.92 Å². The predicted octanol–water partition coefficient (Wildman–Crippen LogP) is 3.78. The highest BCUT2D eigenvalue weighted by Gasteiger charge is 2.34. The van der Waals surface area contributed by atoms with E-state index in [1.54, 1.807) is 17.0 Å². The number of fused-ring (bicyclic) bond motifs is 1. The highest BCUT2D eigenvalue weighted by atomic mass is 35.5. The van der Waals surface area contributed by atoms with Gasteiger partial charge in [-0.05, 0) is 66.1 Å². The number of nitrogens with zero attached hydrogens (tertiary/aromatic N) is 3. The first-order chi connectivity index (χ1) is 21.7. The summed E-state index contributed by atoms with van der Waals surface area (Å²) in [6, 6.07) is 21.6. The van der Waals surface area contributed by atoms with Crippen LogP contribution in [0.3, 0.4) is 0 Å². The maximum atomic E-state index is 14.1. The molecule has 6 rings (SSSR count). The van der Waals surface area contributed by atoms with E-state index in [1.807, 2.05) is 60.7 Å². The molecule has 0 aromatic heterocycles. The van der Waals surface area contributed by atoms with E-state index in [0.29, 0.717) is 62.3 Å². The summed E-state index contributed by atoms with van der Waals surface area (Å²) in [7, 11) is -3.45. The normalized spacial score (nSPS) is 19.0. The van der Waals surface area contributed by atoms with Crippen LogP contribution in [0.4, 0.5) is 11.4 Å². The fourth-order valence-electron chi connectivity index (χ4n) is 6.33. The van der Waals surface area contributed by atoms with Crippen LogP contribution in [0.15, 0.2) is 72.8 Å². The molecule has 0 bridgehead atoms. The van der Waals surface area contributed by atoms with Gasteiger partial charge in [0.15, 0.2) is 0 Å². The lowest BCUT2D eigenvalue weighted by Crippen LogP contribution is -2.57. The van der Waals surface area contributed by atoms with Crippen LogP contribution in [0, 0.1) is 5.92 Å². The molecule has 3 aromatic carbocycles. The lowest BCUT2D eigenvalue weighted by Gasteiger charge is -2.39. The molecule has 11 heteroatoms. The SMILES string of the molecule is CS(=O)(=O)N(CC1CC1)c1ccccc1N1CCN(C(=O)[C@@H](Cc2ccc(Cl)cc2)NC(=O)C2NCCc3ccccc32)CC1. The quantitative estimate of drug-likeness (QED) is 0.347. The van der Waals surface area contributed by atoms with E-state index in [0.717, 1.165) is 41.6 Å². The van der Waals surface area contributed by atoms with Gasteiger partial charge >= 0.3 is 0 Å². The van der Waals surface area contributed by atoms with E-state index >= 15 is 0 Å². The second-order valence-electron chi connectivity index (χ2n) is 12.3. The zero-order valence-corrected chi connectivity index (χ0v) is 27.1. The largest absolute Gasteiger partial charge is 0.366 e. The fraction of sp³-hybridized carbons (Fsp3) is 0.412. The Kier molecular flexibility index (Phi) is 9.35. The van der Waals surface area contributed by atoms with Crippen LogP contribution >= 0.6 is 11.6 Å². The van der Waals surface area contributed by atoms with Gasteiger partial charge in [-0.15, -0.1) is 0 Å². The lowest BCUT2D eigenvalue weighted by atomic mass is 9.93. The van der Waals surface area contributed by atoms with Gasteiger partial charge in [0.2, 0.25) is 21.8 Å². The van der Waals surface area contributed by atoms with Crippen LogP contribution < -0.4 is 19.8 Å². The number of nitrogens with one attached hydrogen (secondary N) is 2. The van der Waals surface area contributed by atoms with Crippen molar-refractivity contribution >= 4 is 44.8 Å². The topological polar surface area (TPSA) is 102 Å². The Bertz CT molecular complexity index is 1640. The van der Waals surface area contributed by atoms with E-state index in [9.17, 15) is 18.0 Å².